The lowest BCUT2D eigenvalue weighted by molar-refractivity contribution is -0.116. The molecule has 1 unspecified atom stereocenters. The summed E-state index contributed by atoms with van der Waals surface area (Å²) in [5.41, 5.74) is 1.96. The SMILES string of the molecule is CC(CNCc1ccccc1NC(=O)Cn1cncn1)C1CCCC1. The molecular weight excluding hydrogens is 314 g/mol. The van der Waals surface area contributed by atoms with E-state index in [1.807, 2.05) is 18.2 Å². The molecule has 6 heteroatoms. The zero-order chi connectivity index (χ0) is 17.5. The molecule has 2 N–H and O–H groups in total. The van der Waals surface area contributed by atoms with Crippen LogP contribution in [0.1, 0.15) is 38.2 Å². The first-order chi connectivity index (χ1) is 12.2. The molecule has 1 atom stereocenters. The van der Waals surface area contributed by atoms with Crippen molar-refractivity contribution in [1.82, 2.24) is 20.1 Å². The number of nitrogens with one attached hydrogen (secondary N) is 2. The Morgan fingerprint density at radius 2 is 2.12 bits per heavy atom. The first-order valence-corrected chi connectivity index (χ1v) is 9.13. The van der Waals surface area contributed by atoms with Crippen molar-refractivity contribution < 1.29 is 4.79 Å². The molecule has 1 aliphatic carbocycles. The summed E-state index contributed by atoms with van der Waals surface area (Å²) in [4.78, 5) is 16.0. The Hall–Kier alpha value is -2.21. The number of nitrogens with zero attached hydrogens (tertiary/aromatic N) is 3. The van der Waals surface area contributed by atoms with Crippen LogP contribution in [0.2, 0.25) is 0 Å². The molecule has 1 fully saturated rings. The predicted molar refractivity (Wildman–Crippen MR) is 97.9 cm³/mol. The lowest BCUT2D eigenvalue weighted by Gasteiger charge is -2.20. The molecule has 0 bridgehead atoms. The summed E-state index contributed by atoms with van der Waals surface area (Å²) in [6.07, 6.45) is 8.48. The van der Waals surface area contributed by atoms with Gasteiger partial charge >= 0.3 is 0 Å². The third-order valence-electron chi connectivity index (χ3n) is 5.05. The highest BCUT2D eigenvalue weighted by Crippen LogP contribution is 2.30. The fourth-order valence-corrected chi connectivity index (χ4v) is 3.58. The molecule has 1 amide bonds. The van der Waals surface area contributed by atoms with Crippen LogP contribution < -0.4 is 10.6 Å². The average molecular weight is 341 g/mol. The number of carbonyl (C=O) groups excluding carboxylic acids is 1. The van der Waals surface area contributed by atoms with Crippen LogP contribution in [-0.4, -0.2) is 27.2 Å². The Kier molecular flexibility index (Phi) is 6.17. The molecule has 0 aliphatic heterocycles. The van der Waals surface area contributed by atoms with Gasteiger partial charge < -0.3 is 10.6 Å². The van der Waals surface area contributed by atoms with E-state index in [9.17, 15) is 4.79 Å². The lowest BCUT2D eigenvalue weighted by Crippen LogP contribution is -2.26. The van der Waals surface area contributed by atoms with Crippen molar-refractivity contribution in [2.45, 2.75) is 45.7 Å². The van der Waals surface area contributed by atoms with Crippen LogP contribution in [0, 0.1) is 11.8 Å². The first-order valence-electron chi connectivity index (χ1n) is 9.13. The van der Waals surface area contributed by atoms with Gasteiger partial charge in [0.1, 0.15) is 19.2 Å². The van der Waals surface area contributed by atoms with Crippen LogP contribution in [0.3, 0.4) is 0 Å². The topological polar surface area (TPSA) is 71.8 Å². The molecular formula is C19H27N5O. The van der Waals surface area contributed by atoms with Crippen molar-refractivity contribution in [3.05, 3.63) is 42.5 Å². The summed E-state index contributed by atoms with van der Waals surface area (Å²) < 4.78 is 1.51. The van der Waals surface area contributed by atoms with E-state index in [0.717, 1.165) is 30.3 Å². The molecule has 0 saturated heterocycles. The Morgan fingerprint density at radius 1 is 1.32 bits per heavy atom. The Morgan fingerprint density at radius 3 is 2.88 bits per heavy atom. The van der Waals surface area contributed by atoms with Gasteiger partial charge in [0.25, 0.3) is 0 Å². The van der Waals surface area contributed by atoms with E-state index in [1.54, 1.807) is 0 Å². The lowest BCUT2D eigenvalue weighted by atomic mass is 9.92. The molecule has 1 heterocycles. The number of anilines is 1. The normalized spacial score (nSPS) is 16.0. The minimum absolute atomic E-state index is 0.0997. The van der Waals surface area contributed by atoms with Gasteiger partial charge in [-0.15, -0.1) is 0 Å². The van der Waals surface area contributed by atoms with Crippen molar-refractivity contribution in [3.8, 4) is 0 Å². The number of para-hydroxylation sites is 1. The molecule has 1 aliphatic rings. The molecule has 1 saturated carbocycles. The zero-order valence-corrected chi connectivity index (χ0v) is 14.8. The third-order valence-corrected chi connectivity index (χ3v) is 5.05. The zero-order valence-electron chi connectivity index (χ0n) is 14.8. The Labute approximate surface area is 149 Å². The second-order valence-corrected chi connectivity index (χ2v) is 6.95. The number of benzene rings is 1. The quantitative estimate of drug-likeness (QED) is 0.774. The van der Waals surface area contributed by atoms with Gasteiger partial charge in [0.05, 0.1) is 0 Å². The molecule has 134 valence electrons. The number of hydrogen-bond acceptors (Lipinski definition) is 4. The minimum atomic E-state index is -0.0997. The number of hydrogen-bond donors (Lipinski definition) is 2. The monoisotopic (exact) mass is 341 g/mol. The highest BCUT2D eigenvalue weighted by atomic mass is 16.2. The Bertz CT molecular complexity index is 664. The van der Waals surface area contributed by atoms with Gasteiger partial charge in [-0.05, 0) is 30.0 Å². The Balaban J connectivity index is 1.50. The van der Waals surface area contributed by atoms with Crippen molar-refractivity contribution >= 4 is 11.6 Å². The molecule has 2 aromatic rings. The van der Waals surface area contributed by atoms with Gasteiger partial charge in [-0.3, -0.25) is 4.79 Å². The fourth-order valence-electron chi connectivity index (χ4n) is 3.58. The molecule has 3 rings (SSSR count). The van der Waals surface area contributed by atoms with Gasteiger partial charge in [-0.25, -0.2) is 9.67 Å². The molecule has 0 radical (unpaired) electrons. The molecule has 25 heavy (non-hydrogen) atoms. The van der Waals surface area contributed by atoms with E-state index in [0.29, 0.717) is 5.92 Å². The molecule has 1 aromatic heterocycles. The summed E-state index contributed by atoms with van der Waals surface area (Å²) in [6, 6.07) is 7.94. The summed E-state index contributed by atoms with van der Waals surface area (Å²) in [5, 5.41) is 10.5. The maximum atomic E-state index is 12.2. The van der Waals surface area contributed by atoms with Crippen molar-refractivity contribution in [3.63, 3.8) is 0 Å². The van der Waals surface area contributed by atoms with Crippen LogP contribution in [0.4, 0.5) is 5.69 Å². The van der Waals surface area contributed by atoms with E-state index in [1.165, 1.54) is 43.0 Å². The van der Waals surface area contributed by atoms with Crippen molar-refractivity contribution in [1.29, 1.82) is 0 Å². The standard InChI is InChI=1S/C19H27N5O/c1-15(16-6-2-3-7-16)10-20-11-17-8-4-5-9-18(17)23-19(25)12-24-14-21-13-22-24/h4-5,8-9,13-16,20H,2-3,6-7,10-12H2,1H3,(H,23,25). The van der Waals surface area contributed by atoms with Crippen LogP contribution >= 0.6 is 0 Å². The first kappa shape index (κ1) is 17.6. The predicted octanol–water partition coefficient (Wildman–Crippen LogP) is 2.83. The summed E-state index contributed by atoms with van der Waals surface area (Å²) >= 11 is 0. The molecule has 1 aromatic carbocycles. The van der Waals surface area contributed by atoms with Gasteiger partial charge in [-0.2, -0.15) is 5.10 Å². The smallest absolute Gasteiger partial charge is 0.246 e. The third kappa shape index (κ3) is 5.13. The van der Waals surface area contributed by atoms with E-state index in [2.05, 4.69) is 33.7 Å². The van der Waals surface area contributed by atoms with Gasteiger partial charge in [0, 0.05) is 12.2 Å². The fraction of sp³-hybridized carbons (Fsp3) is 0.526. The van der Waals surface area contributed by atoms with Crippen LogP contribution in [0.25, 0.3) is 0 Å². The van der Waals surface area contributed by atoms with Crippen molar-refractivity contribution in [2.24, 2.45) is 11.8 Å². The number of rotatable bonds is 8. The van der Waals surface area contributed by atoms with Gasteiger partial charge in [0.2, 0.25) is 5.91 Å². The molecule has 6 nitrogen and oxygen atoms in total. The number of aromatic nitrogens is 3. The largest absolute Gasteiger partial charge is 0.324 e. The number of amides is 1. The van der Waals surface area contributed by atoms with Gasteiger partial charge in [0.15, 0.2) is 0 Å². The van der Waals surface area contributed by atoms with Crippen molar-refractivity contribution in [2.75, 3.05) is 11.9 Å². The van der Waals surface area contributed by atoms with Crippen LogP contribution in [0.15, 0.2) is 36.9 Å². The minimum Gasteiger partial charge on any atom is -0.324 e. The second-order valence-electron chi connectivity index (χ2n) is 6.95. The highest BCUT2D eigenvalue weighted by Gasteiger charge is 2.21. The second kappa shape index (κ2) is 8.76. The maximum Gasteiger partial charge on any atom is 0.246 e. The highest BCUT2D eigenvalue weighted by molar-refractivity contribution is 5.91. The van der Waals surface area contributed by atoms with E-state index in [-0.39, 0.29) is 12.5 Å². The maximum absolute atomic E-state index is 12.2. The van der Waals surface area contributed by atoms with Crippen LogP contribution in [-0.2, 0) is 17.9 Å². The van der Waals surface area contributed by atoms with Gasteiger partial charge in [-0.1, -0.05) is 50.8 Å². The summed E-state index contributed by atoms with van der Waals surface area (Å²) in [5.74, 6) is 1.47. The van der Waals surface area contributed by atoms with E-state index < -0.39 is 0 Å². The molecule has 0 spiro atoms. The summed E-state index contributed by atoms with van der Waals surface area (Å²) in [6.45, 7) is 4.29. The van der Waals surface area contributed by atoms with Crippen LogP contribution in [0.5, 0.6) is 0 Å². The van der Waals surface area contributed by atoms with E-state index >= 15 is 0 Å². The van der Waals surface area contributed by atoms with E-state index in [4.69, 9.17) is 0 Å². The summed E-state index contributed by atoms with van der Waals surface area (Å²) in [7, 11) is 0. The number of carbonyl (C=O) groups is 1. The average Bonchev–Trinajstić information content (AvgIpc) is 3.29.